The van der Waals surface area contributed by atoms with Gasteiger partial charge in [0.1, 0.15) is 0 Å². The second-order valence-corrected chi connectivity index (χ2v) is 9.32. The minimum absolute atomic E-state index is 0.165. The number of benzene rings is 2. The van der Waals surface area contributed by atoms with E-state index in [0.717, 1.165) is 31.4 Å². The summed E-state index contributed by atoms with van der Waals surface area (Å²) in [5, 5.41) is 3.42. The van der Waals surface area contributed by atoms with E-state index in [0.29, 0.717) is 16.4 Å². The van der Waals surface area contributed by atoms with Crippen molar-refractivity contribution in [1.29, 1.82) is 0 Å². The molecule has 1 amide bonds. The first kappa shape index (κ1) is 18.6. The Bertz CT molecular complexity index is 1090. The molecule has 8 heteroatoms. The van der Waals surface area contributed by atoms with Gasteiger partial charge in [-0.3, -0.25) is 14.8 Å². The maximum Gasteiger partial charge on any atom is 0.261 e. The van der Waals surface area contributed by atoms with Crippen molar-refractivity contribution in [3.63, 3.8) is 0 Å². The highest BCUT2D eigenvalue weighted by Crippen LogP contribution is 2.30. The Morgan fingerprint density at radius 2 is 1.79 bits per heavy atom. The maximum absolute atomic E-state index is 12.6. The van der Waals surface area contributed by atoms with Gasteiger partial charge in [-0.1, -0.05) is 24.3 Å². The van der Waals surface area contributed by atoms with E-state index in [1.54, 1.807) is 36.4 Å². The van der Waals surface area contributed by atoms with Crippen molar-refractivity contribution in [2.75, 3.05) is 10.0 Å². The molecule has 0 aliphatic heterocycles. The standard InChI is InChI=1S/C20H19N3O3S2/c24-19(22-20-21-17-11-4-5-12-18(17)27-20)14-7-6-8-15(13-14)23-28(25,26)16-9-2-1-3-10-16/h1-3,6-10,13,23H,4-5,11-12H2,(H,21,22,24). The van der Waals surface area contributed by atoms with Crippen molar-refractivity contribution >= 4 is 38.1 Å². The number of hydrogen-bond donors (Lipinski definition) is 2. The molecule has 2 N–H and O–H groups in total. The highest BCUT2D eigenvalue weighted by atomic mass is 32.2. The van der Waals surface area contributed by atoms with Gasteiger partial charge in [-0.15, -0.1) is 11.3 Å². The van der Waals surface area contributed by atoms with E-state index in [1.165, 1.54) is 34.4 Å². The van der Waals surface area contributed by atoms with Gasteiger partial charge in [0.2, 0.25) is 0 Å². The zero-order chi connectivity index (χ0) is 19.6. The fourth-order valence-electron chi connectivity index (χ4n) is 3.11. The third-order valence-corrected chi connectivity index (χ3v) is 6.97. The summed E-state index contributed by atoms with van der Waals surface area (Å²) in [7, 11) is -3.71. The Kier molecular flexibility index (Phi) is 5.15. The van der Waals surface area contributed by atoms with Crippen molar-refractivity contribution in [2.45, 2.75) is 30.6 Å². The third kappa shape index (κ3) is 4.07. The number of thiazole rings is 1. The number of carbonyl (C=O) groups excluding carboxylic acids is 1. The zero-order valence-corrected chi connectivity index (χ0v) is 16.6. The summed E-state index contributed by atoms with van der Waals surface area (Å²) >= 11 is 1.52. The van der Waals surface area contributed by atoms with Gasteiger partial charge < -0.3 is 0 Å². The first-order valence-corrected chi connectivity index (χ1v) is 11.3. The molecule has 0 saturated carbocycles. The van der Waals surface area contributed by atoms with Gasteiger partial charge in [-0.2, -0.15) is 0 Å². The lowest BCUT2D eigenvalue weighted by Gasteiger charge is -2.09. The summed E-state index contributed by atoms with van der Waals surface area (Å²) in [5.74, 6) is -0.313. The highest BCUT2D eigenvalue weighted by molar-refractivity contribution is 7.92. The minimum Gasteiger partial charge on any atom is -0.298 e. The molecule has 1 aromatic heterocycles. The van der Waals surface area contributed by atoms with Crippen LogP contribution in [-0.4, -0.2) is 19.3 Å². The van der Waals surface area contributed by atoms with Crippen LogP contribution in [0.2, 0.25) is 0 Å². The molecule has 0 fully saturated rings. The number of nitrogens with one attached hydrogen (secondary N) is 2. The van der Waals surface area contributed by atoms with E-state index >= 15 is 0 Å². The highest BCUT2D eigenvalue weighted by Gasteiger charge is 2.18. The fourth-order valence-corrected chi connectivity index (χ4v) is 5.23. The molecule has 1 aliphatic rings. The number of amides is 1. The molecule has 0 saturated heterocycles. The number of aryl methyl sites for hydroxylation is 2. The van der Waals surface area contributed by atoms with Crippen LogP contribution >= 0.6 is 11.3 Å². The molecule has 0 spiro atoms. The Hall–Kier alpha value is -2.71. The molecule has 1 aliphatic carbocycles. The van der Waals surface area contributed by atoms with Crippen molar-refractivity contribution in [2.24, 2.45) is 0 Å². The summed E-state index contributed by atoms with van der Waals surface area (Å²) in [6.45, 7) is 0. The van der Waals surface area contributed by atoms with Crippen molar-refractivity contribution in [3.05, 3.63) is 70.7 Å². The monoisotopic (exact) mass is 413 g/mol. The lowest BCUT2D eigenvalue weighted by atomic mass is 10.0. The van der Waals surface area contributed by atoms with E-state index in [1.807, 2.05) is 0 Å². The number of nitrogens with zero attached hydrogens (tertiary/aromatic N) is 1. The number of anilines is 2. The summed E-state index contributed by atoms with van der Waals surface area (Å²) in [4.78, 5) is 18.5. The molecular formula is C20H19N3O3S2. The van der Waals surface area contributed by atoms with Crippen LogP contribution in [0.1, 0.15) is 33.8 Å². The molecule has 144 valence electrons. The number of fused-ring (bicyclic) bond motifs is 1. The van der Waals surface area contributed by atoms with Crippen LogP contribution in [0.4, 0.5) is 10.8 Å². The lowest BCUT2D eigenvalue weighted by Crippen LogP contribution is -2.15. The number of rotatable bonds is 5. The Morgan fingerprint density at radius 1 is 1.00 bits per heavy atom. The van der Waals surface area contributed by atoms with Crippen LogP contribution in [0, 0.1) is 0 Å². The molecule has 1 heterocycles. The second-order valence-electron chi connectivity index (χ2n) is 6.55. The van der Waals surface area contributed by atoms with Crippen LogP contribution in [0.15, 0.2) is 59.5 Å². The zero-order valence-electron chi connectivity index (χ0n) is 15.0. The summed E-state index contributed by atoms with van der Waals surface area (Å²) < 4.78 is 27.4. The second kappa shape index (κ2) is 7.73. The number of aromatic nitrogens is 1. The van der Waals surface area contributed by atoms with E-state index < -0.39 is 10.0 Å². The predicted octanol–water partition coefficient (Wildman–Crippen LogP) is 4.08. The summed E-state index contributed by atoms with van der Waals surface area (Å²) in [5.41, 5.74) is 1.77. The van der Waals surface area contributed by atoms with E-state index in [-0.39, 0.29) is 10.8 Å². The van der Waals surface area contributed by atoms with Gasteiger partial charge in [0.15, 0.2) is 5.13 Å². The molecule has 4 rings (SSSR count). The van der Waals surface area contributed by atoms with E-state index in [2.05, 4.69) is 15.0 Å². The molecule has 28 heavy (non-hydrogen) atoms. The largest absolute Gasteiger partial charge is 0.298 e. The SMILES string of the molecule is O=C(Nc1nc2c(s1)CCCC2)c1cccc(NS(=O)(=O)c2ccccc2)c1. The van der Waals surface area contributed by atoms with Crippen LogP contribution in [0.5, 0.6) is 0 Å². The van der Waals surface area contributed by atoms with Crippen LogP contribution < -0.4 is 10.0 Å². The van der Waals surface area contributed by atoms with E-state index in [9.17, 15) is 13.2 Å². The number of carbonyl (C=O) groups is 1. The maximum atomic E-state index is 12.6. The van der Waals surface area contributed by atoms with Crippen molar-refractivity contribution in [1.82, 2.24) is 4.98 Å². The van der Waals surface area contributed by atoms with Gasteiger partial charge >= 0.3 is 0 Å². The van der Waals surface area contributed by atoms with Gasteiger partial charge in [-0.25, -0.2) is 13.4 Å². The Labute approximate surface area is 167 Å². The molecule has 0 radical (unpaired) electrons. The first-order chi connectivity index (χ1) is 13.5. The summed E-state index contributed by atoms with van der Waals surface area (Å²) in [6, 6.07) is 14.5. The Balaban J connectivity index is 1.50. The summed E-state index contributed by atoms with van der Waals surface area (Å²) in [6.07, 6.45) is 4.26. The molecule has 3 aromatic rings. The average molecular weight is 414 g/mol. The third-order valence-electron chi connectivity index (χ3n) is 4.50. The molecule has 0 unspecified atom stereocenters. The smallest absolute Gasteiger partial charge is 0.261 e. The van der Waals surface area contributed by atoms with E-state index in [4.69, 9.17) is 0 Å². The van der Waals surface area contributed by atoms with Crippen LogP contribution in [-0.2, 0) is 22.9 Å². The number of sulfonamides is 1. The lowest BCUT2D eigenvalue weighted by molar-refractivity contribution is 0.102. The molecule has 6 nitrogen and oxygen atoms in total. The topological polar surface area (TPSA) is 88.2 Å². The molecular weight excluding hydrogens is 394 g/mol. The van der Waals surface area contributed by atoms with Crippen LogP contribution in [0.3, 0.4) is 0 Å². The molecule has 0 bridgehead atoms. The van der Waals surface area contributed by atoms with Gasteiger partial charge in [0.25, 0.3) is 15.9 Å². The normalized spacial score (nSPS) is 13.6. The quantitative estimate of drug-likeness (QED) is 0.660. The van der Waals surface area contributed by atoms with Crippen molar-refractivity contribution < 1.29 is 13.2 Å². The number of hydrogen-bond acceptors (Lipinski definition) is 5. The molecule has 2 aromatic carbocycles. The average Bonchev–Trinajstić information content (AvgIpc) is 3.11. The first-order valence-electron chi connectivity index (χ1n) is 8.99. The van der Waals surface area contributed by atoms with Gasteiger partial charge in [0.05, 0.1) is 10.6 Å². The predicted molar refractivity (Wildman–Crippen MR) is 110 cm³/mol. The Morgan fingerprint density at radius 3 is 2.57 bits per heavy atom. The van der Waals surface area contributed by atoms with Gasteiger partial charge in [0, 0.05) is 16.1 Å². The van der Waals surface area contributed by atoms with Gasteiger partial charge in [-0.05, 0) is 56.0 Å². The fraction of sp³-hybridized carbons (Fsp3) is 0.200. The van der Waals surface area contributed by atoms with Crippen molar-refractivity contribution in [3.8, 4) is 0 Å². The molecule has 0 atom stereocenters. The van der Waals surface area contributed by atoms with Crippen LogP contribution in [0.25, 0.3) is 0 Å². The minimum atomic E-state index is -3.71.